The van der Waals surface area contributed by atoms with Gasteiger partial charge in [-0.1, -0.05) is 77.1 Å². The summed E-state index contributed by atoms with van der Waals surface area (Å²) in [5, 5.41) is 123. The molecule has 31 rings (SSSR count). The van der Waals surface area contributed by atoms with Crippen LogP contribution in [-0.4, -0.2) is 253 Å². The maximum atomic E-state index is 12.7. The molecule has 16 aliphatic carbocycles. The molecule has 710 valence electrons. The Kier molecular flexibility index (Phi) is 18.3. The normalized spacial score (nSPS) is 42.3. The molecule has 23 nitrogen and oxygen atoms in total. The number of likely N-dealkylation sites (tertiary alicyclic amines) is 5. The second-order valence-electron chi connectivity index (χ2n) is 48.6. The number of carbonyl (C=O) groups excluding carboxylic acids is 2. The van der Waals surface area contributed by atoms with Crippen LogP contribution >= 0.6 is 0 Å². The molecule has 6 spiro atoms. The van der Waals surface area contributed by atoms with Gasteiger partial charge in [0, 0.05) is 126 Å². The molecule has 11 saturated carbocycles. The number of carbonyl (C=O) groups is 2. The van der Waals surface area contributed by atoms with E-state index < -0.39 is 74.1 Å². The maximum absolute atomic E-state index is 12.7. The summed E-state index contributed by atoms with van der Waals surface area (Å²) in [5.74, 6) is 7.13. The average molecular weight is 1820 g/mol. The first kappa shape index (κ1) is 85.9. The lowest BCUT2D eigenvalue weighted by Crippen LogP contribution is -2.80. The van der Waals surface area contributed by atoms with Crippen molar-refractivity contribution < 1.29 is 89.4 Å². The zero-order valence-electron chi connectivity index (χ0n) is 78.3. The second kappa shape index (κ2) is 28.4. The molecule has 0 amide bonds. The van der Waals surface area contributed by atoms with Crippen molar-refractivity contribution in [3.8, 4) is 57.5 Å². The highest BCUT2D eigenvalue weighted by atomic mass is 16.5. The predicted octanol–water partition coefficient (Wildman–Crippen LogP) is 12.1. The Balaban J connectivity index is 0.0000000873. The van der Waals surface area contributed by atoms with Crippen LogP contribution in [0, 0.1) is 45.8 Å². The van der Waals surface area contributed by atoms with E-state index in [1.165, 1.54) is 93.0 Å². The van der Waals surface area contributed by atoms with E-state index in [1.54, 1.807) is 24.3 Å². The van der Waals surface area contributed by atoms with E-state index in [0.717, 1.165) is 204 Å². The molecule has 0 radical (unpaired) electrons. The van der Waals surface area contributed by atoms with Crippen molar-refractivity contribution in [1.82, 2.24) is 24.5 Å². The van der Waals surface area contributed by atoms with Gasteiger partial charge >= 0.3 is 0 Å². The first-order valence-electron chi connectivity index (χ1n) is 51.6. The highest BCUT2D eigenvalue weighted by Gasteiger charge is 2.83. The molecule has 133 heavy (non-hydrogen) atoms. The fourth-order valence-corrected chi connectivity index (χ4v) is 35.0. The SMILES string of the molecule is C=C1CC[C@@]2(O)C3Cc4ccc(O)c5c4[C@@]2(CCN3CC2CC2)C1O5.C=CCN1CC[C@]23c4c5ccc(O)c4O[C@H]2C(=O)CC[C@@]3(O)[C@H]1C5.CC(C)(C)[C@@](C)(O)[C@H]1C[C@@]23CC[C@]1(C)[C@@H]1Oc4c(O)ccc5c4[C@@]12CCN(CC1CC1)[C@@H]3C5.O=C1CC[C@@]2(O)[C@H]3Cc4ccc(O)c5c4[C@@]2(CCN3CC2CC2)[C@H]1O5.Oc1ccc2c3c1OC1[C@@H](O)CC[C@@]4(O)C(C2)N(CC2CCC2)CC[C@]314. The number of fused-ring (bicyclic) bond motifs is 2. The van der Waals surface area contributed by atoms with Crippen LogP contribution in [0.25, 0.3) is 0 Å². The van der Waals surface area contributed by atoms with Gasteiger partial charge in [-0.3, -0.25) is 34.1 Å². The van der Waals surface area contributed by atoms with Crippen molar-refractivity contribution in [3.63, 3.8) is 0 Å². The number of phenols is 5. The molecule has 26 aliphatic rings. The Morgan fingerprint density at radius 1 is 0.414 bits per heavy atom. The first-order valence-corrected chi connectivity index (χ1v) is 51.6. The number of aliphatic hydroxyl groups is 6. The molecule has 5 aromatic carbocycles. The van der Waals surface area contributed by atoms with Crippen LogP contribution in [-0.2, 0) is 68.8 Å². The van der Waals surface area contributed by atoms with E-state index in [4.69, 9.17) is 23.7 Å². The van der Waals surface area contributed by atoms with E-state index in [-0.39, 0.29) is 98.5 Å². The van der Waals surface area contributed by atoms with Crippen LogP contribution in [0.3, 0.4) is 0 Å². The molecule has 24 atom stereocenters. The van der Waals surface area contributed by atoms with Crippen LogP contribution in [0.15, 0.2) is 85.5 Å². The number of hydrogen-bond acceptors (Lipinski definition) is 23. The average Bonchev–Trinajstić information content (AvgIpc) is 1.56. The molecular weight excluding hydrogens is 1680 g/mol. The molecule has 11 N–H and O–H groups in total. The van der Waals surface area contributed by atoms with Gasteiger partial charge in [-0.25, -0.2) is 0 Å². The van der Waals surface area contributed by atoms with E-state index in [9.17, 15) is 65.8 Å². The zero-order valence-corrected chi connectivity index (χ0v) is 78.3. The predicted molar refractivity (Wildman–Crippen MR) is 495 cm³/mol. The molecule has 5 aromatic rings. The minimum absolute atomic E-state index is 0.0170. The number of nitrogens with zero attached hydrogens (tertiary/aromatic N) is 5. The van der Waals surface area contributed by atoms with Gasteiger partial charge in [0.1, 0.15) is 18.3 Å². The standard InChI is InChI=1S/C29H41NO3.C21H27NO4.C21H25NO3.C20H23NO4.C19H21NO4/c1-25(2,3)27(5,32)20-15-28-11-10-26(20,4)24-29(28)12-13-30(16-17-6-7-17)21(28)14-18-8-9-19(31)23(33-24)22(18)29;23-14-5-4-13-10-16-21(25)7-6-15(24)19-20(21,17(13)18(14)26-19)8-9-22(16)11-12-2-1-3-12;1-12-6-7-21(24)16-10-14-4-5-15(23)18-17(14)20(21,19(12)25-18)8-9-22(16)11-13-2-3-13;22-13-4-3-12-9-15-20(24)6-5-14(23)18-19(20,16(12)17(13)25-18)7-8-21(15)10-11-1-2-11;1-2-8-20-9-7-18-15-11-3-4-12(21)16(15)24-17(18)13(22)5-6-19(18,23)14(20)10-11/h8-9,17,20-21,24,31-32H,6-7,10-16H2,1-5H3;4-5,12,15-16,19,23-25H,1-3,6-11H2;4-5,13,16,19,23-24H,1-3,6-11H2;3-4,11,15,18,22,24H,1-2,5-10H2;2-4,14,17,21,23H,1,5-10H2/t20-,21+,24-,26-,27-,28+,29-;15-,16?,19?,20-,21+;16?,19?,20-,21+;15-,18+,19+,20-;14-,17+,18+,19-/m00011/s1. The topological polar surface area (TPSA) is 319 Å². The summed E-state index contributed by atoms with van der Waals surface area (Å²) in [5.41, 5.74) is 5.40. The summed E-state index contributed by atoms with van der Waals surface area (Å²) in [6.07, 6.45) is 27.6. The van der Waals surface area contributed by atoms with Gasteiger partial charge in [0.2, 0.25) is 0 Å². The number of ketones is 2. The molecule has 4 unspecified atom stereocenters. The lowest BCUT2D eigenvalue weighted by atomic mass is 9.31. The minimum atomic E-state index is -1.00. The number of benzene rings is 5. The number of rotatable bonds is 11. The van der Waals surface area contributed by atoms with E-state index in [1.807, 2.05) is 36.4 Å². The molecule has 16 fully saturated rings. The Morgan fingerprint density at radius 2 is 0.767 bits per heavy atom. The fourth-order valence-electron chi connectivity index (χ4n) is 35.0. The zero-order chi connectivity index (χ0) is 91.5. The lowest BCUT2D eigenvalue weighted by molar-refractivity contribution is -0.276. The number of aromatic hydroxyl groups is 5. The minimum Gasteiger partial charge on any atom is -0.504 e. The molecule has 10 aliphatic heterocycles. The maximum Gasteiger partial charge on any atom is 0.174 e. The van der Waals surface area contributed by atoms with Crippen LogP contribution < -0.4 is 23.7 Å². The van der Waals surface area contributed by atoms with Gasteiger partial charge in [-0.15, -0.1) is 6.58 Å². The molecule has 12 bridgehead atoms. The van der Waals surface area contributed by atoms with Gasteiger partial charge in [-0.05, 0) is 305 Å². The summed E-state index contributed by atoms with van der Waals surface area (Å²) in [7, 11) is 0. The highest BCUT2D eigenvalue weighted by molar-refractivity contribution is 5.91. The van der Waals surface area contributed by atoms with Gasteiger partial charge in [0.25, 0.3) is 0 Å². The van der Waals surface area contributed by atoms with Crippen LogP contribution in [0.2, 0.25) is 0 Å². The van der Waals surface area contributed by atoms with Gasteiger partial charge in [0.15, 0.2) is 81.3 Å². The van der Waals surface area contributed by atoms with Crippen LogP contribution in [0.5, 0.6) is 57.5 Å². The molecule has 0 aromatic heterocycles. The number of phenolic OH excluding ortho intramolecular Hbond substituents is 5. The smallest absolute Gasteiger partial charge is 0.174 e. The van der Waals surface area contributed by atoms with Crippen molar-refractivity contribution in [2.75, 3.05) is 65.4 Å². The number of Topliss-reactive ketones (excluding diaryl/α,β-unsaturated/α-hetero) is 2. The van der Waals surface area contributed by atoms with Crippen LogP contribution in [0.4, 0.5) is 0 Å². The monoisotopic (exact) mass is 1820 g/mol. The molecule has 5 saturated heterocycles. The van der Waals surface area contributed by atoms with E-state index in [2.05, 4.69) is 78.3 Å². The number of piperidine rings is 5. The number of ether oxygens (including phenoxy) is 5. The molecule has 23 heteroatoms. The number of aliphatic hydroxyl groups excluding tert-OH is 1. The van der Waals surface area contributed by atoms with Gasteiger partial charge < -0.3 is 79.9 Å². The second-order valence-corrected chi connectivity index (χ2v) is 48.6. The Hall–Kier alpha value is -7.52. The third-order valence-corrected chi connectivity index (χ3v) is 42.2. The highest BCUT2D eigenvalue weighted by Crippen LogP contribution is 2.81. The quantitative estimate of drug-likeness (QED) is 0.0547. The van der Waals surface area contributed by atoms with Crippen molar-refractivity contribution in [3.05, 3.63) is 141 Å². The largest absolute Gasteiger partial charge is 0.504 e. The first-order chi connectivity index (χ1) is 63.6. The van der Waals surface area contributed by atoms with Crippen LogP contribution in [0.1, 0.15) is 251 Å². The Labute approximate surface area is 780 Å². The summed E-state index contributed by atoms with van der Waals surface area (Å²) in [6.45, 7) is 29.2. The third kappa shape index (κ3) is 10.8. The Morgan fingerprint density at radius 3 is 1.20 bits per heavy atom. The summed E-state index contributed by atoms with van der Waals surface area (Å²) >= 11 is 0. The van der Waals surface area contributed by atoms with Crippen molar-refractivity contribution in [2.24, 2.45) is 45.8 Å². The summed E-state index contributed by atoms with van der Waals surface area (Å²) in [4.78, 5) is 38.0. The summed E-state index contributed by atoms with van der Waals surface area (Å²) in [6, 6.07) is 19.5. The number of hydrogen-bond donors (Lipinski definition) is 11. The van der Waals surface area contributed by atoms with E-state index >= 15 is 0 Å². The van der Waals surface area contributed by atoms with Crippen molar-refractivity contribution in [1.29, 1.82) is 0 Å². The Bertz CT molecular complexity index is 5660. The third-order valence-electron chi connectivity index (χ3n) is 42.2. The van der Waals surface area contributed by atoms with Crippen molar-refractivity contribution in [2.45, 2.75) is 349 Å². The van der Waals surface area contributed by atoms with E-state index in [0.29, 0.717) is 86.2 Å². The van der Waals surface area contributed by atoms with Crippen molar-refractivity contribution >= 4 is 11.6 Å². The van der Waals surface area contributed by atoms with Gasteiger partial charge in [0.05, 0.1) is 55.8 Å². The fraction of sp³-hybridized carbons (Fsp3) is 0.673. The summed E-state index contributed by atoms with van der Waals surface area (Å²) < 4.78 is 31.4. The lowest BCUT2D eigenvalue weighted by Gasteiger charge is -2.75. The molecule has 10 heterocycles. The van der Waals surface area contributed by atoms with Gasteiger partial charge in [-0.2, -0.15) is 0 Å². The molecular formula is C110H137N5O18.